The van der Waals surface area contributed by atoms with Crippen molar-refractivity contribution in [1.82, 2.24) is 5.32 Å². The Labute approximate surface area is 528 Å². The maximum Gasteiger partial charge on any atom is 0.220 e. The summed E-state index contributed by atoms with van der Waals surface area (Å²) in [4.78, 5) is 13.4. The van der Waals surface area contributed by atoms with Crippen molar-refractivity contribution in [1.29, 1.82) is 0 Å². The van der Waals surface area contributed by atoms with E-state index in [2.05, 4.69) is 116 Å². The molecular weight excluding hydrogens is 1100 g/mol. The zero-order chi connectivity index (χ0) is 63.1. The monoisotopic (exact) mass is 1230 g/mol. The number of hydrogen-bond acceptors (Lipinski definition) is 13. The third-order valence-corrected chi connectivity index (χ3v) is 16.6. The lowest BCUT2D eigenvalue weighted by Crippen LogP contribution is -2.65. The summed E-state index contributed by atoms with van der Waals surface area (Å²) in [6, 6.07) is -0.841. The summed E-state index contributed by atoms with van der Waals surface area (Å²) in [5, 5.41) is 87.6. The first-order valence-electron chi connectivity index (χ1n) is 35.0. The van der Waals surface area contributed by atoms with Gasteiger partial charge in [-0.2, -0.15) is 0 Å². The highest BCUT2D eigenvalue weighted by Gasteiger charge is 2.51. The largest absolute Gasteiger partial charge is 0.394 e. The summed E-state index contributed by atoms with van der Waals surface area (Å²) in [7, 11) is 0. The van der Waals surface area contributed by atoms with Crippen molar-refractivity contribution in [2.24, 2.45) is 0 Å². The van der Waals surface area contributed by atoms with Crippen LogP contribution in [0.4, 0.5) is 0 Å². The van der Waals surface area contributed by atoms with Crippen LogP contribution in [0.25, 0.3) is 0 Å². The first-order chi connectivity index (χ1) is 42.6. The van der Waals surface area contributed by atoms with Crippen molar-refractivity contribution in [3.63, 3.8) is 0 Å². The molecule has 0 aromatic heterocycles. The third-order valence-electron chi connectivity index (χ3n) is 16.6. The highest BCUT2D eigenvalue weighted by atomic mass is 16.7. The lowest BCUT2D eigenvalue weighted by molar-refractivity contribution is -0.359. The van der Waals surface area contributed by atoms with Gasteiger partial charge in [0.2, 0.25) is 5.91 Å². The summed E-state index contributed by atoms with van der Waals surface area (Å²) < 4.78 is 22.9. The van der Waals surface area contributed by atoms with Crippen LogP contribution in [0.3, 0.4) is 0 Å². The van der Waals surface area contributed by atoms with Crippen LogP contribution in [0, 0.1) is 0 Å². The molecule has 2 aliphatic heterocycles. The number of carbonyl (C=O) groups excluding carboxylic acids is 1. The van der Waals surface area contributed by atoms with E-state index in [4.69, 9.17) is 18.9 Å². The number of aliphatic hydroxyl groups is 8. The fraction of sp³-hybridized carbons (Fsp3) is 0.767. The Hall–Kier alpha value is -3.09. The van der Waals surface area contributed by atoms with Gasteiger partial charge in [0.05, 0.1) is 32.0 Å². The SMILES string of the molecule is CC/C=C\C/C=C\C/C=C\C/C=C\C/C=C\C/C=C\C/C=C\C/C=C\CCCCCCCCCCC(=O)NC(COC1OC(CO)C(OC2OC(CO)C(O)C(O)C2O)C(O)C1O)C(O)CCCCCCCCCCCCCCCCCCCCCC. The molecule has 12 atom stereocenters. The number of aliphatic hydroxyl groups excluding tert-OH is 8. The predicted molar refractivity (Wildman–Crippen MR) is 355 cm³/mol. The van der Waals surface area contributed by atoms with Gasteiger partial charge in [-0.3, -0.25) is 4.79 Å². The van der Waals surface area contributed by atoms with Gasteiger partial charge >= 0.3 is 0 Å². The average molecular weight is 1230 g/mol. The van der Waals surface area contributed by atoms with Crippen LogP contribution < -0.4 is 5.32 Å². The molecule has 2 rings (SSSR count). The van der Waals surface area contributed by atoms with Crippen LogP contribution >= 0.6 is 0 Å². The minimum absolute atomic E-state index is 0.217. The Kier molecular flexibility index (Phi) is 52.3. The van der Waals surface area contributed by atoms with Gasteiger partial charge in [-0.25, -0.2) is 0 Å². The molecule has 0 saturated carbocycles. The Bertz CT molecular complexity index is 1830. The van der Waals surface area contributed by atoms with E-state index < -0.39 is 86.8 Å². The van der Waals surface area contributed by atoms with E-state index in [0.29, 0.717) is 12.8 Å². The Morgan fingerprint density at radius 3 is 1.22 bits per heavy atom. The standard InChI is InChI=1S/C73H127NO13/c1-3-5-7-9-11-13-15-17-19-21-23-25-26-27-28-29-30-31-32-33-34-35-36-37-39-41-43-45-47-49-51-53-55-57-65(78)74-61(62(77)56-54-52-50-48-46-44-42-40-38-24-22-20-18-16-14-12-10-8-6-4-2)60-84-72-70(83)68(81)71(64(59-76)86-72)87-73-69(82)67(80)66(79)63(58-75)85-73/h5,7,11,13,17,19,23,25,27-28,30-31,33-34,36-37,61-64,66-73,75-77,79-83H,3-4,6,8-10,12,14-16,18,20-22,24,26,29,32,35,38-60H2,1-2H3,(H,74,78)/b7-5-,13-11-,19-17-,25-23-,28-27-,31-30-,34-33-,37-36-. The number of rotatable bonds is 56. The Morgan fingerprint density at radius 2 is 0.793 bits per heavy atom. The van der Waals surface area contributed by atoms with E-state index in [1.54, 1.807) is 0 Å². The maximum absolute atomic E-state index is 13.4. The lowest BCUT2D eigenvalue weighted by atomic mass is 9.97. The molecule has 12 unspecified atom stereocenters. The molecule has 0 aromatic carbocycles. The molecule has 0 aliphatic carbocycles. The molecule has 1 amide bonds. The molecule has 14 nitrogen and oxygen atoms in total. The molecule has 2 saturated heterocycles. The highest BCUT2D eigenvalue weighted by molar-refractivity contribution is 5.76. The van der Waals surface area contributed by atoms with E-state index in [0.717, 1.165) is 103 Å². The normalized spacial score (nSPS) is 23.9. The van der Waals surface area contributed by atoms with Gasteiger partial charge in [-0.1, -0.05) is 278 Å². The molecule has 0 radical (unpaired) electrons. The summed E-state index contributed by atoms with van der Waals surface area (Å²) in [6.45, 7) is 2.76. The third kappa shape index (κ3) is 41.1. The number of nitrogens with one attached hydrogen (secondary N) is 1. The first-order valence-corrected chi connectivity index (χ1v) is 35.0. The molecule has 2 heterocycles. The molecule has 0 aromatic rings. The van der Waals surface area contributed by atoms with Crippen molar-refractivity contribution in [3.8, 4) is 0 Å². The average Bonchev–Trinajstić information content (AvgIpc) is 2.59. The second-order valence-corrected chi connectivity index (χ2v) is 24.3. The molecule has 14 heteroatoms. The summed E-state index contributed by atoms with van der Waals surface area (Å²) >= 11 is 0. The van der Waals surface area contributed by atoms with Crippen LogP contribution in [0.5, 0.6) is 0 Å². The maximum atomic E-state index is 13.4. The summed E-state index contributed by atoms with van der Waals surface area (Å²) in [5.74, 6) is -0.217. The van der Waals surface area contributed by atoms with Crippen LogP contribution in [-0.4, -0.2) is 140 Å². The Balaban J connectivity index is 1.68. The van der Waals surface area contributed by atoms with E-state index in [1.807, 2.05) is 0 Å². The number of unbranched alkanes of at least 4 members (excludes halogenated alkanes) is 27. The number of amides is 1. The number of hydrogen-bond donors (Lipinski definition) is 9. The van der Waals surface area contributed by atoms with Crippen LogP contribution in [-0.2, 0) is 23.7 Å². The molecule has 9 N–H and O–H groups in total. The van der Waals surface area contributed by atoms with Crippen LogP contribution in [0.15, 0.2) is 97.2 Å². The fourth-order valence-corrected chi connectivity index (χ4v) is 11.0. The van der Waals surface area contributed by atoms with Gasteiger partial charge in [0.25, 0.3) is 0 Å². The second-order valence-electron chi connectivity index (χ2n) is 24.3. The minimum Gasteiger partial charge on any atom is -0.394 e. The Morgan fingerprint density at radius 1 is 0.425 bits per heavy atom. The van der Waals surface area contributed by atoms with Crippen molar-refractivity contribution in [2.75, 3.05) is 19.8 Å². The minimum atomic E-state index is -1.79. The van der Waals surface area contributed by atoms with Crippen LogP contribution in [0.2, 0.25) is 0 Å². The smallest absolute Gasteiger partial charge is 0.220 e. The number of ether oxygens (including phenoxy) is 4. The van der Waals surface area contributed by atoms with Crippen molar-refractivity contribution >= 4 is 5.91 Å². The van der Waals surface area contributed by atoms with E-state index >= 15 is 0 Å². The van der Waals surface area contributed by atoms with Crippen molar-refractivity contribution in [3.05, 3.63) is 97.2 Å². The van der Waals surface area contributed by atoms with Crippen LogP contribution in [0.1, 0.15) is 264 Å². The molecule has 2 aliphatic rings. The second kappa shape index (κ2) is 56.9. The predicted octanol–water partition coefficient (Wildman–Crippen LogP) is 14.2. The molecular formula is C73H127NO13. The number of allylic oxidation sites excluding steroid dienone is 16. The molecule has 2 fully saturated rings. The van der Waals surface area contributed by atoms with Crippen molar-refractivity contribution in [2.45, 2.75) is 338 Å². The molecule has 0 bridgehead atoms. The zero-order valence-electron chi connectivity index (χ0n) is 54.5. The molecule has 502 valence electrons. The zero-order valence-corrected chi connectivity index (χ0v) is 54.5. The molecule has 0 spiro atoms. The number of carbonyl (C=O) groups is 1. The van der Waals surface area contributed by atoms with Gasteiger partial charge < -0.3 is 65.1 Å². The van der Waals surface area contributed by atoms with E-state index in [1.165, 1.54) is 128 Å². The van der Waals surface area contributed by atoms with Crippen molar-refractivity contribution < 1.29 is 64.6 Å². The first kappa shape index (κ1) is 80.0. The van der Waals surface area contributed by atoms with Gasteiger partial charge in [0, 0.05) is 6.42 Å². The van der Waals surface area contributed by atoms with Gasteiger partial charge in [0.15, 0.2) is 12.6 Å². The summed E-state index contributed by atoms with van der Waals surface area (Å²) in [6.07, 6.45) is 62.6. The summed E-state index contributed by atoms with van der Waals surface area (Å²) in [5.41, 5.74) is 0. The molecule has 87 heavy (non-hydrogen) atoms. The fourth-order valence-electron chi connectivity index (χ4n) is 11.0. The van der Waals surface area contributed by atoms with E-state index in [-0.39, 0.29) is 18.9 Å². The highest BCUT2D eigenvalue weighted by Crippen LogP contribution is 2.30. The topological polar surface area (TPSA) is 228 Å². The quantitative estimate of drug-likeness (QED) is 0.0204. The van der Waals surface area contributed by atoms with Gasteiger partial charge in [-0.05, 0) is 77.0 Å². The van der Waals surface area contributed by atoms with Gasteiger partial charge in [-0.15, -0.1) is 0 Å². The lowest BCUT2D eigenvalue weighted by Gasteiger charge is -2.46. The van der Waals surface area contributed by atoms with E-state index in [9.17, 15) is 45.6 Å². The van der Waals surface area contributed by atoms with Gasteiger partial charge in [0.1, 0.15) is 48.8 Å².